The maximum absolute atomic E-state index is 10.7. The van der Waals surface area contributed by atoms with E-state index in [1.807, 2.05) is 0 Å². The van der Waals surface area contributed by atoms with Crippen molar-refractivity contribution in [2.75, 3.05) is 5.73 Å². The fraction of sp³-hybridized carbons (Fsp3) is 0.500. The highest BCUT2D eigenvalue weighted by atomic mass is 16.4. The van der Waals surface area contributed by atoms with Gasteiger partial charge >= 0.3 is 5.97 Å². The number of rotatable bonds is 2. The molecule has 0 saturated carbocycles. The van der Waals surface area contributed by atoms with Gasteiger partial charge < -0.3 is 10.8 Å². The first-order chi connectivity index (χ1) is 5.44. The van der Waals surface area contributed by atoms with Crippen molar-refractivity contribution < 1.29 is 9.90 Å². The number of nitrogen functional groups attached to an aromatic ring is 1. The zero-order valence-electron chi connectivity index (χ0n) is 6.83. The Hall–Kier alpha value is -1.59. The lowest BCUT2D eigenvalue weighted by Gasteiger charge is -2.14. The van der Waals surface area contributed by atoms with E-state index in [9.17, 15) is 4.79 Å². The van der Waals surface area contributed by atoms with E-state index in [1.54, 1.807) is 0 Å². The number of hydrogen-bond donors (Lipinski definition) is 3. The summed E-state index contributed by atoms with van der Waals surface area (Å²) in [6, 6.07) is 0. The zero-order valence-corrected chi connectivity index (χ0v) is 6.83. The van der Waals surface area contributed by atoms with Gasteiger partial charge in [0.15, 0.2) is 0 Å². The fourth-order valence-corrected chi connectivity index (χ4v) is 0.656. The summed E-state index contributed by atoms with van der Waals surface area (Å²) in [6.45, 7) is 3.05. The van der Waals surface area contributed by atoms with Gasteiger partial charge in [-0.15, -0.1) is 5.10 Å². The number of nitrogens with one attached hydrogen (secondary N) is 1. The third-order valence-corrected chi connectivity index (χ3v) is 1.63. The standard InChI is InChI=1S/C6H10N4O2/c1-6(2,4(11)12)3-8-5(7)10-9-3/h1-2H3,(H,11,12)(H3,7,8,9,10). The molecule has 0 amide bonds. The summed E-state index contributed by atoms with van der Waals surface area (Å²) in [5.74, 6) is -0.662. The van der Waals surface area contributed by atoms with E-state index < -0.39 is 11.4 Å². The number of H-pyrrole nitrogens is 1. The Bertz CT molecular complexity index is 304. The van der Waals surface area contributed by atoms with Crippen LogP contribution in [0.5, 0.6) is 0 Å². The molecule has 0 fully saturated rings. The predicted molar refractivity (Wildman–Crippen MR) is 41.5 cm³/mol. The van der Waals surface area contributed by atoms with E-state index in [0.29, 0.717) is 0 Å². The average molecular weight is 170 g/mol. The molecule has 0 aromatic carbocycles. The summed E-state index contributed by atoms with van der Waals surface area (Å²) in [5, 5.41) is 14.8. The number of anilines is 1. The van der Waals surface area contributed by atoms with Gasteiger partial charge in [-0.25, -0.2) is 0 Å². The number of nitrogens with two attached hydrogens (primary N) is 1. The predicted octanol–water partition coefficient (Wildman–Crippen LogP) is -0.251. The van der Waals surface area contributed by atoms with Crippen molar-refractivity contribution in [1.29, 1.82) is 0 Å². The molecule has 0 spiro atoms. The molecule has 66 valence electrons. The van der Waals surface area contributed by atoms with E-state index in [4.69, 9.17) is 10.8 Å². The van der Waals surface area contributed by atoms with Crippen LogP contribution in [0, 0.1) is 0 Å². The van der Waals surface area contributed by atoms with Crippen LogP contribution in [0.2, 0.25) is 0 Å². The molecule has 1 rings (SSSR count). The highest BCUT2D eigenvalue weighted by Crippen LogP contribution is 2.19. The van der Waals surface area contributed by atoms with Crippen molar-refractivity contribution in [2.45, 2.75) is 19.3 Å². The van der Waals surface area contributed by atoms with E-state index in [0.717, 1.165) is 0 Å². The monoisotopic (exact) mass is 170 g/mol. The van der Waals surface area contributed by atoms with Crippen molar-refractivity contribution in [3.05, 3.63) is 5.82 Å². The molecule has 1 aromatic rings. The van der Waals surface area contributed by atoms with Crippen LogP contribution < -0.4 is 5.73 Å². The Morgan fingerprint density at radius 2 is 2.25 bits per heavy atom. The van der Waals surface area contributed by atoms with Gasteiger partial charge in [-0.1, -0.05) is 0 Å². The molecule has 0 saturated heterocycles. The van der Waals surface area contributed by atoms with E-state index in [2.05, 4.69) is 15.2 Å². The van der Waals surface area contributed by atoms with Crippen molar-refractivity contribution in [3.8, 4) is 0 Å². The number of carboxylic acids is 1. The molecule has 0 radical (unpaired) electrons. The molecule has 0 unspecified atom stereocenters. The van der Waals surface area contributed by atoms with Crippen LogP contribution >= 0.6 is 0 Å². The van der Waals surface area contributed by atoms with Gasteiger partial charge in [-0.3, -0.25) is 9.89 Å². The van der Waals surface area contributed by atoms with Crippen LogP contribution in [0.4, 0.5) is 5.95 Å². The summed E-state index contributed by atoms with van der Waals surface area (Å²) in [6.07, 6.45) is 0. The Morgan fingerprint density at radius 1 is 1.67 bits per heavy atom. The van der Waals surface area contributed by atoms with Gasteiger partial charge in [0.2, 0.25) is 5.95 Å². The van der Waals surface area contributed by atoms with Gasteiger partial charge in [0.25, 0.3) is 0 Å². The number of hydrogen-bond acceptors (Lipinski definition) is 4. The Balaban J connectivity index is 3.05. The summed E-state index contributed by atoms with van der Waals surface area (Å²) in [4.78, 5) is 14.4. The SMILES string of the molecule is CC(C)(C(=O)O)c1nc(N)n[nH]1. The number of aromatic nitrogens is 3. The van der Waals surface area contributed by atoms with Gasteiger partial charge in [0.05, 0.1) is 0 Å². The molecular formula is C6H10N4O2. The molecule has 0 bridgehead atoms. The second kappa shape index (κ2) is 2.47. The van der Waals surface area contributed by atoms with E-state index >= 15 is 0 Å². The molecule has 1 aromatic heterocycles. The van der Waals surface area contributed by atoms with Gasteiger partial charge in [-0.2, -0.15) is 4.98 Å². The molecule has 0 atom stereocenters. The molecular weight excluding hydrogens is 160 g/mol. The molecule has 4 N–H and O–H groups in total. The molecule has 0 aliphatic carbocycles. The maximum atomic E-state index is 10.7. The number of carboxylic acid groups (broad SMARTS) is 1. The summed E-state index contributed by atoms with van der Waals surface area (Å²) >= 11 is 0. The van der Waals surface area contributed by atoms with Crippen LogP contribution in [-0.4, -0.2) is 26.3 Å². The van der Waals surface area contributed by atoms with E-state index in [-0.39, 0.29) is 11.8 Å². The number of carbonyl (C=O) groups is 1. The Morgan fingerprint density at radius 3 is 2.58 bits per heavy atom. The second-order valence-corrected chi connectivity index (χ2v) is 2.97. The van der Waals surface area contributed by atoms with Crippen LogP contribution in [0.3, 0.4) is 0 Å². The lowest BCUT2D eigenvalue weighted by atomic mass is 9.93. The van der Waals surface area contributed by atoms with Crippen molar-refractivity contribution in [2.24, 2.45) is 0 Å². The molecule has 6 heteroatoms. The Labute approximate surface area is 68.8 Å². The minimum absolute atomic E-state index is 0.0549. The second-order valence-electron chi connectivity index (χ2n) is 2.97. The number of nitrogens with zero attached hydrogens (tertiary/aromatic N) is 2. The van der Waals surface area contributed by atoms with Gasteiger partial charge in [-0.05, 0) is 13.8 Å². The summed E-state index contributed by atoms with van der Waals surface area (Å²) in [5.41, 5.74) is 4.15. The minimum atomic E-state index is -1.08. The highest BCUT2D eigenvalue weighted by molar-refractivity contribution is 5.78. The first-order valence-corrected chi connectivity index (χ1v) is 3.36. The summed E-state index contributed by atoms with van der Waals surface area (Å²) in [7, 11) is 0. The lowest BCUT2D eigenvalue weighted by molar-refractivity contribution is -0.142. The first kappa shape index (κ1) is 8.51. The zero-order chi connectivity index (χ0) is 9.35. The smallest absolute Gasteiger partial charge is 0.316 e. The quantitative estimate of drug-likeness (QED) is 0.567. The molecule has 0 aliphatic rings. The van der Waals surface area contributed by atoms with Crippen molar-refractivity contribution >= 4 is 11.9 Å². The maximum Gasteiger partial charge on any atom is 0.316 e. The fourth-order valence-electron chi connectivity index (χ4n) is 0.656. The highest BCUT2D eigenvalue weighted by Gasteiger charge is 2.32. The van der Waals surface area contributed by atoms with E-state index in [1.165, 1.54) is 13.8 Å². The normalized spacial score (nSPS) is 11.5. The van der Waals surface area contributed by atoms with Gasteiger partial charge in [0, 0.05) is 0 Å². The van der Waals surface area contributed by atoms with Crippen LogP contribution in [0.25, 0.3) is 0 Å². The van der Waals surface area contributed by atoms with Crippen LogP contribution in [0.15, 0.2) is 0 Å². The number of aromatic amines is 1. The lowest BCUT2D eigenvalue weighted by Crippen LogP contribution is -2.29. The summed E-state index contributed by atoms with van der Waals surface area (Å²) < 4.78 is 0. The third-order valence-electron chi connectivity index (χ3n) is 1.63. The first-order valence-electron chi connectivity index (χ1n) is 3.36. The van der Waals surface area contributed by atoms with Crippen molar-refractivity contribution in [1.82, 2.24) is 15.2 Å². The van der Waals surface area contributed by atoms with Crippen molar-refractivity contribution in [3.63, 3.8) is 0 Å². The largest absolute Gasteiger partial charge is 0.481 e. The molecule has 0 aliphatic heterocycles. The van der Waals surface area contributed by atoms with Crippen LogP contribution in [0.1, 0.15) is 19.7 Å². The van der Waals surface area contributed by atoms with Gasteiger partial charge in [0.1, 0.15) is 11.2 Å². The molecule has 6 nitrogen and oxygen atoms in total. The average Bonchev–Trinajstić information content (AvgIpc) is 2.35. The minimum Gasteiger partial charge on any atom is -0.481 e. The third kappa shape index (κ3) is 1.23. The Kier molecular flexibility index (Phi) is 1.75. The molecule has 12 heavy (non-hydrogen) atoms. The van der Waals surface area contributed by atoms with Crippen LogP contribution in [-0.2, 0) is 10.2 Å². The number of aliphatic carboxylic acids is 1. The molecule has 1 heterocycles. The topological polar surface area (TPSA) is 105 Å².